The number of anilines is 1. The zero-order valence-corrected chi connectivity index (χ0v) is 20.0. The fourth-order valence-corrected chi connectivity index (χ4v) is 5.14. The molecule has 1 amide bonds. The van der Waals surface area contributed by atoms with Gasteiger partial charge in [0.05, 0.1) is 11.3 Å². The molecule has 1 aromatic carbocycles. The highest BCUT2D eigenvalue weighted by atomic mass is 16.2. The zero-order valence-electron chi connectivity index (χ0n) is 20.0. The van der Waals surface area contributed by atoms with Crippen LogP contribution in [-0.4, -0.2) is 57.4 Å². The molecule has 0 radical (unpaired) electrons. The van der Waals surface area contributed by atoms with Crippen LogP contribution in [0.4, 0.5) is 5.69 Å². The third kappa shape index (κ3) is 5.12. The maximum Gasteiger partial charge on any atom is 0.257 e. The van der Waals surface area contributed by atoms with Gasteiger partial charge in [-0.05, 0) is 63.6 Å². The normalized spacial score (nSPS) is 21.7. The molecule has 2 atom stereocenters. The molecule has 1 N–H and O–H groups in total. The Labute approximate surface area is 192 Å². The number of carbonyl (C=O) groups is 1. The van der Waals surface area contributed by atoms with E-state index in [9.17, 15) is 4.79 Å². The first-order valence-corrected chi connectivity index (χ1v) is 12.1. The lowest BCUT2D eigenvalue weighted by atomic mass is 10.1. The number of para-hydroxylation sites is 1. The fraction of sp³-hybridized carbons (Fsp3) is 0.577. The van der Waals surface area contributed by atoms with Gasteiger partial charge in [-0.25, -0.2) is 9.97 Å². The summed E-state index contributed by atoms with van der Waals surface area (Å²) in [7, 11) is 0. The molecule has 1 saturated heterocycles. The van der Waals surface area contributed by atoms with Crippen molar-refractivity contribution in [3.8, 4) is 0 Å². The van der Waals surface area contributed by atoms with E-state index in [2.05, 4.69) is 58.3 Å². The Morgan fingerprint density at radius 2 is 1.94 bits per heavy atom. The predicted molar refractivity (Wildman–Crippen MR) is 129 cm³/mol. The monoisotopic (exact) mass is 435 g/mol. The van der Waals surface area contributed by atoms with E-state index in [1.165, 1.54) is 12.8 Å². The van der Waals surface area contributed by atoms with E-state index in [4.69, 9.17) is 0 Å². The van der Waals surface area contributed by atoms with Crippen molar-refractivity contribution in [3.63, 3.8) is 0 Å². The molecule has 0 saturated carbocycles. The summed E-state index contributed by atoms with van der Waals surface area (Å²) in [6.45, 7) is 11.8. The number of benzene rings is 1. The van der Waals surface area contributed by atoms with Crippen LogP contribution >= 0.6 is 0 Å². The van der Waals surface area contributed by atoms with E-state index in [1.54, 1.807) is 6.20 Å². The van der Waals surface area contributed by atoms with Gasteiger partial charge in [-0.2, -0.15) is 0 Å². The summed E-state index contributed by atoms with van der Waals surface area (Å²) in [5, 5.41) is 3.66. The average Bonchev–Trinajstić information content (AvgIpc) is 3.12. The van der Waals surface area contributed by atoms with Crippen molar-refractivity contribution in [2.75, 3.05) is 25.0 Å². The van der Waals surface area contributed by atoms with E-state index < -0.39 is 0 Å². The van der Waals surface area contributed by atoms with Gasteiger partial charge in [0.1, 0.15) is 5.82 Å². The highest BCUT2D eigenvalue weighted by molar-refractivity contribution is 5.95. The zero-order chi connectivity index (χ0) is 22.7. The Bertz CT molecular complexity index is 944. The van der Waals surface area contributed by atoms with Gasteiger partial charge in [0.15, 0.2) is 0 Å². The molecule has 2 aliphatic rings. The molecule has 0 unspecified atom stereocenters. The topological polar surface area (TPSA) is 61.4 Å². The number of rotatable bonds is 4. The number of fused-ring (bicyclic) bond motifs is 3. The van der Waals surface area contributed by atoms with E-state index in [0.29, 0.717) is 35.9 Å². The number of nitrogens with one attached hydrogen (secondary N) is 1. The molecule has 172 valence electrons. The van der Waals surface area contributed by atoms with Gasteiger partial charge in [-0.3, -0.25) is 9.69 Å². The van der Waals surface area contributed by atoms with Crippen LogP contribution in [0.15, 0.2) is 30.5 Å². The van der Waals surface area contributed by atoms with Crippen LogP contribution in [0.1, 0.15) is 67.0 Å². The van der Waals surface area contributed by atoms with E-state index in [-0.39, 0.29) is 5.91 Å². The van der Waals surface area contributed by atoms with Crippen molar-refractivity contribution in [2.45, 2.75) is 72.0 Å². The molecule has 32 heavy (non-hydrogen) atoms. The van der Waals surface area contributed by atoms with Crippen LogP contribution < -0.4 is 5.32 Å². The summed E-state index contributed by atoms with van der Waals surface area (Å²) >= 11 is 0. The molecule has 0 spiro atoms. The number of aromatic nitrogens is 2. The summed E-state index contributed by atoms with van der Waals surface area (Å²) in [6, 6.07) is 9.37. The first kappa shape index (κ1) is 22.7. The van der Waals surface area contributed by atoms with Gasteiger partial charge in [-0.15, -0.1) is 0 Å². The van der Waals surface area contributed by atoms with Crippen molar-refractivity contribution in [1.82, 2.24) is 19.8 Å². The number of amides is 1. The Kier molecular flexibility index (Phi) is 7.09. The smallest absolute Gasteiger partial charge is 0.257 e. The molecule has 2 bridgehead atoms. The summed E-state index contributed by atoms with van der Waals surface area (Å²) in [6.07, 6.45) is 6.39. The maximum absolute atomic E-state index is 13.7. The SMILES string of the molecule is Cc1ncc(C(=O)N2Cc3ccccc3NCC[C@H]3CC[C@@H](C2)N3CCC(C)C)c(C)n1. The van der Waals surface area contributed by atoms with Gasteiger partial charge in [0, 0.05) is 43.6 Å². The molecule has 2 aromatic rings. The van der Waals surface area contributed by atoms with Crippen LogP contribution in [0, 0.1) is 19.8 Å². The molecular weight excluding hydrogens is 398 g/mol. The summed E-state index contributed by atoms with van der Waals surface area (Å²) in [4.78, 5) is 27.2. The minimum Gasteiger partial charge on any atom is -0.385 e. The lowest BCUT2D eigenvalue weighted by Crippen LogP contribution is -2.46. The van der Waals surface area contributed by atoms with Gasteiger partial charge in [0.2, 0.25) is 0 Å². The molecule has 2 aliphatic heterocycles. The highest BCUT2D eigenvalue weighted by Crippen LogP contribution is 2.30. The molecule has 6 nitrogen and oxygen atoms in total. The lowest BCUT2D eigenvalue weighted by Gasteiger charge is -2.34. The standard InChI is InChI=1S/C26H37N5O/c1-18(2)12-14-31-22-9-10-23(31)17-30(26(32)24-15-28-20(4)29-19(24)3)16-21-7-5-6-8-25(21)27-13-11-22/h5-8,15,18,22-23,27H,9-14,16-17H2,1-4H3/t22-,23+/m1/s1. The number of nitrogens with zero attached hydrogens (tertiary/aromatic N) is 4. The molecule has 0 aliphatic carbocycles. The summed E-state index contributed by atoms with van der Waals surface area (Å²) in [5.41, 5.74) is 3.66. The molecular formula is C26H37N5O. The van der Waals surface area contributed by atoms with Crippen LogP contribution in [0.2, 0.25) is 0 Å². The minimum absolute atomic E-state index is 0.0313. The third-order valence-electron chi connectivity index (χ3n) is 6.96. The maximum atomic E-state index is 13.7. The average molecular weight is 436 g/mol. The Balaban J connectivity index is 1.67. The summed E-state index contributed by atoms with van der Waals surface area (Å²) in [5.74, 6) is 1.41. The van der Waals surface area contributed by atoms with Gasteiger partial charge in [0.25, 0.3) is 5.91 Å². The Morgan fingerprint density at radius 3 is 2.72 bits per heavy atom. The van der Waals surface area contributed by atoms with Crippen LogP contribution in [0.25, 0.3) is 0 Å². The molecule has 4 rings (SSSR count). The largest absolute Gasteiger partial charge is 0.385 e. The first-order chi connectivity index (χ1) is 15.4. The van der Waals surface area contributed by atoms with Crippen molar-refractivity contribution < 1.29 is 4.79 Å². The Morgan fingerprint density at radius 1 is 1.16 bits per heavy atom. The first-order valence-electron chi connectivity index (χ1n) is 12.1. The van der Waals surface area contributed by atoms with Crippen LogP contribution in [0.3, 0.4) is 0 Å². The predicted octanol–water partition coefficient (Wildman–Crippen LogP) is 4.43. The van der Waals surface area contributed by atoms with E-state index in [1.807, 2.05) is 18.7 Å². The van der Waals surface area contributed by atoms with Gasteiger partial charge >= 0.3 is 0 Å². The second kappa shape index (κ2) is 9.99. The highest BCUT2D eigenvalue weighted by Gasteiger charge is 2.35. The van der Waals surface area contributed by atoms with E-state index in [0.717, 1.165) is 49.4 Å². The van der Waals surface area contributed by atoms with Crippen molar-refractivity contribution >= 4 is 11.6 Å². The van der Waals surface area contributed by atoms with Gasteiger partial charge in [-0.1, -0.05) is 32.0 Å². The quantitative estimate of drug-likeness (QED) is 0.770. The van der Waals surface area contributed by atoms with E-state index >= 15 is 0 Å². The Hall–Kier alpha value is -2.47. The van der Waals surface area contributed by atoms with Crippen molar-refractivity contribution in [2.24, 2.45) is 5.92 Å². The molecule has 6 heteroatoms. The van der Waals surface area contributed by atoms with Crippen LogP contribution in [0.5, 0.6) is 0 Å². The minimum atomic E-state index is 0.0313. The molecule has 1 aromatic heterocycles. The number of hydrogen-bond acceptors (Lipinski definition) is 5. The number of aryl methyl sites for hydroxylation is 2. The third-order valence-corrected chi connectivity index (χ3v) is 6.96. The van der Waals surface area contributed by atoms with Crippen molar-refractivity contribution in [3.05, 3.63) is 53.1 Å². The molecule has 3 heterocycles. The number of carbonyl (C=O) groups excluding carboxylic acids is 1. The second-order valence-corrected chi connectivity index (χ2v) is 9.78. The van der Waals surface area contributed by atoms with Crippen molar-refractivity contribution in [1.29, 1.82) is 0 Å². The number of hydrogen-bond donors (Lipinski definition) is 1. The molecule has 1 fully saturated rings. The second-order valence-electron chi connectivity index (χ2n) is 9.78. The summed E-state index contributed by atoms with van der Waals surface area (Å²) < 4.78 is 0. The van der Waals surface area contributed by atoms with Crippen LogP contribution in [-0.2, 0) is 6.54 Å². The lowest BCUT2D eigenvalue weighted by molar-refractivity contribution is 0.0664. The fourth-order valence-electron chi connectivity index (χ4n) is 5.14. The van der Waals surface area contributed by atoms with Gasteiger partial charge < -0.3 is 10.2 Å².